The summed E-state index contributed by atoms with van der Waals surface area (Å²) in [4.78, 5) is 26.9. The maximum absolute atomic E-state index is 11.9. The van der Waals surface area contributed by atoms with E-state index in [0.29, 0.717) is 17.9 Å². The summed E-state index contributed by atoms with van der Waals surface area (Å²) >= 11 is 5.75. The van der Waals surface area contributed by atoms with Gasteiger partial charge in [-0.25, -0.2) is 4.79 Å². The van der Waals surface area contributed by atoms with Gasteiger partial charge < -0.3 is 10.4 Å². The van der Waals surface area contributed by atoms with Crippen molar-refractivity contribution in [3.05, 3.63) is 29.0 Å². The summed E-state index contributed by atoms with van der Waals surface area (Å²) < 4.78 is 0. The zero-order valence-electron chi connectivity index (χ0n) is 10.2. The van der Waals surface area contributed by atoms with E-state index in [-0.39, 0.29) is 5.69 Å². The van der Waals surface area contributed by atoms with Crippen molar-refractivity contribution in [3.63, 3.8) is 0 Å². The Balaban J connectivity index is 2.88. The van der Waals surface area contributed by atoms with Crippen LogP contribution in [0.4, 0.5) is 0 Å². The standard InChI is InChI=1S/C12H15ClN2O3/c1-3-5-12(2,11(17)18)15-10(16)9-7-8(13)4-6-14-9/h4,6-7H,3,5H2,1-2H3,(H,15,16)(H,17,18). The predicted octanol–water partition coefficient (Wildman–Crippen LogP) is 2.11. The first-order chi connectivity index (χ1) is 8.39. The van der Waals surface area contributed by atoms with Crippen molar-refractivity contribution in [1.82, 2.24) is 10.3 Å². The lowest BCUT2D eigenvalue weighted by Gasteiger charge is -2.25. The molecule has 1 amide bonds. The van der Waals surface area contributed by atoms with Crippen molar-refractivity contribution in [2.75, 3.05) is 0 Å². The summed E-state index contributed by atoms with van der Waals surface area (Å²) in [5.74, 6) is -1.62. The first-order valence-electron chi connectivity index (χ1n) is 5.56. The number of aromatic nitrogens is 1. The molecule has 1 aromatic rings. The number of rotatable bonds is 5. The summed E-state index contributed by atoms with van der Waals surface area (Å²) in [7, 11) is 0. The molecule has 0 aliphatic carbocycles. The van der Waals surface area contributed by atoms with Gasteiger partial charge >= 0.3 is 5.97 Å². The van der Waals surface area contributed by atoms with Crippen molar-refractivity contribution in [2.24, 2.45) is 0 Å². The van der Waals surface area contributed by atoms with Crippen LogP contribution in [0.1, 0.15) is 37.2 Å². The molecule has 1 atom stereocenters. The van der Waals surface area contributed by atoms with Crippen LogP contribution >= 0.6 is 11.6 Å². The van der Waals surface area contributed by atoms with Gasteiger partial charge in [-0.3, -0.25) is 9.78 Å². The van der Waals surface area contributed by atoms with Crippen molar-refractivity contribution in [1.29, 1.82) is 0 Å². The van der Waals surface area contributed by atoms with Gasteiger partial charge in [-0.2, -0.15) is 0 Å². The zero-order valence-corrected chi connectivity index (χ0v) is 11.0. The van der Waals surface area contributed by atoms with Crippen molar-refractivity contribution < 1.29 is 14.7 Å². The van der Waals surface area contributed by atoms with Crippen LogP contribution in [0.3, 0.4) is 0 Å². The molecule has 0 aromatic carbocycles. The Morgan fingerprint density at radius 1 is 1.56 bits per heavy atom. The van der Waals surface area contributed by atoms with Crippen LogP contribution in [0, 0.1) is 0 Å². The molecule has 0 aliphatic heterocycles. The monoisotopic (exact) mass is 270 g/mol. The molecule has 6 heteroatoms. The number of carboxylic acid groups (broad SMARTS) is 1. The number of nitrogens with zero attached hydrogens (tertiary/aromatic N) is 1. The van der Waals surface area contributed by atoms with E-state index < -0.39 is 17.4 Å². The van der Waals surface area contributed by atoms with Gasteiger partial charge in [-0.05, 0) is 25.5 Å². The number of nitrogens with one attached hydrogen (secondary N) is 1. The second-order valence-corrected chi connectivity index (χ2v) is 4.64. The minimum atomic E-state index is -1.30. The van der Waals surface area contributed by atoms with E-state index in [0.717, 1.165) is 0 Å². The van der Waals surface area contributed by atoms with E-state index in [1.807, 2.05) is 6.92 Å². The van der Waals surface area contributed by atoms with Gasteiger partial charge in [0.25, 0.3) is 5.91 Å². The second-order valence-electron chi connectivity index (χ2n) is 4.20. The minimum Gasteiger partial charge on any atom is -0.480 e. The summed E-state index contributed by atoms with van der Waals surface area (Å²) in [5.41, 5.74) is -1.19. The van der Waals surface area contributed by atoms with Gasteiger partial charge in [-0.1, -0.05) is 24.9 Å². The molecule has 18 heavy (non-hydrogen) atoms. The number of aliphatic carboxylic acids is 1. The highest BCUT2D eigenvalue weighted by atomic mass is 35.5. The molecule has 0 saturated heterocycles. The molecular weight excluding hydrogens is 256 g/mol. The number of carboxylic acids is 1. The Bertz CT molecular complexity index is 464. The molecule has 5 nitrogen and oxygen atoms in total. The average molecular weight is 271 g/mol. The number of carbonyl (C=O) groups excluding carboxylic acids is 1. The fourth-order valence-corrected chi connectivity index (χ4v) is 1.73. The third-order valence-electron chi connectivity index (χ3n) is 2.57. The molecule has 0 bridgehead atoms. The normalized spacial score (nSPS) is 13.7. The third-order valence-corrected chi connectivity index (χ3v) is 2.80. The maximum Gasteiger partial charge on any atom is 0.329 e. The van der Waals surface area contributed by atoms with Crippen LogP contribution in [0.15, 0.2) is 18.3 Å². The molecule has 98 valence electrons. The smallest absolute Gasteiger partial charge is 0.329 e. The molecular formula is C12H15ClN2O3. The summed E-state index contributed by atoms with van der Waals surface area (Å²) in [5, 5.41) is 12.0. The van der Waals surface area contributed by atoms with Gasteiger partial charge in [0.15, 0.2) is 0 Å². The van der Waals surface area contributed by atoms with Gasteiger partial charge in [0.05, 0.1) is 0 Å². The topological polar surface area (TPSA) is 79.3 Å². The van der Waals surface area contributed by atoms with E-state index in [1.54, 1.807) is 6.07 Å². The molecule has 1 aromatic heterocycles. The van der Waals surface area contributed by atoms with Gasteiger partial charge in [0.1, 0.15) is 11.2 Å². The highest BCUT2D eigenvalue weighted by Gasteiger charge is 2.34. The number of amides is 1. The summed E-state index contributed by atoms with van der Waals surface area (Å²) in [6, 6.07) is 2.94. The van der Waals surface area contributed by atoms with Crippen molar-refractivity contribution in [3.8, 4) is 0 Å². The highest BCUT2D eigenvalue weighted by molar-refractivity contribution is 6.30. The molecule has 0 aliphatic rings. The molecule has 1 heterocycles. The number of hydrogen-bond acceptors (Lipinski definition) is 3. The quantitative estimate of drug-likeness (QED) is 0.859. The minimum absolute atomic E-state index is 0.103. The van der Waals surface area contributed by atoms with Crippen LogP contribution in [-0.2, 0) is 4.79 Å². The third kappa shape index (κ3) is 3.43. The van der Waals surface area contributed by atoms with Crippen LogP contribution in [0.2, 0.25) is 5.02 Å². The fourth-order valence-electron chi connectivity index (χ4n) is 1.57. The summed E-state index contributed by atoms with van der Waals surface area (Å²) in [6.45, 7) is 3.33. The van der Waals surface area contributed by atoms with E-state index in [9.17, 15) is 9.59 Å². The van der Waals surface area contributed by atoms with Crippen molar-refractivity contribution in [2.45, 2.75) is 32.2 Å². The van der Waals surface area contributed by atoms with E-state index in [4.69, 9.17) is 16.7 Å². The lowest BCUT2D eigenvalue weighted by molar-refractivity contribution is -0.144. The van der Waals surface area contributed by atoms with E-state index in [1.165, 1.54) is 19.2 Å². The Morgan fingerprint density at radius 2 is 2.22 bits per heavy atom. The van der Waals surface area contributed by atoms with Gasteiger partial charge in [0, 0.05) is 11.2 Å². The Hall–Kier alpha value is -1.62. The maximum atomic E-state index is 11.9. The van der Waals surface area contributed by atoms with Gasteiger partial charge in [0.2, 0.25) is 0 Å². The van der Waals surface area contributed by atoms with Gasteiger partial charge in [-0.15, -0.1) is 0 Å². The molecule has 0 spiro atoms. The molecule has 2 N–H and O–H groups in total. The van der Waals surface area contributed by atoms with Crippen LogP contribution < -0.4 is 5.32 Å². The number of halogens is 1. The molecule has 0 saturated carbocycles. The highest BCUT2D eigenvalue weighted by Crippen LogP contribution is 2.14. The largest absolute Gasteiger partial charge is 0.480 e. The van der Waals surface area contributed by atoms with E-state index >= 15 is 0 Å². The lowest BCUT2D eigenvalue weighted by atomic mass is 9.96. The SMILES string of the molecule is CCCC(C)(NC(=O)c1cc(Cl)ccn1)C(=O)O. The summed E-state index contributed by atoms with van der Waals surface area (Å²) in [6.07, 6.45) is 2.38. The van der Waals surface area contributed by atoms with E-state index in [2.05, 4.69) is 10.3 Å². The van der Waals surface area contributed by atoms with Crippen LogP contribution in [0.25, 0.3) is 0 Å². The first kappa shape index (κ1) is 14.4. The predicted molar refractivity (Wildman–Crippen MR) is 67.7 cm³/mol. The lowest BCUT2D eigenvalue weighted by Crippen LogP contribution is -2.52. The number of carbonyl (C=O) groups is 2. The Kier molecular flexibility index (Phi) is 4.67. The first-order valence-corrected chi connectivity index (χ1v) is 5.94. The second kappa shape index (κ2) is 5.82. The molecule has 0 radical (unpaired) electrons. The Labute approximate surface area is 110 Å². The molecule has 1 unspecified atom stereocenters. The van der Waals surface area contributed by atoms with Crippen LogP contribution in [-0.4, -0.2) is 27.5 Å². The van der Waals surface area contributed by atoms with Crippen molar-refractivity contribution >= 4 is 23.5 Å². The zero-order chi connectivity index (χ0) is 13.8. The molecule has 1 rings (SSSR count). The average Bonchev–Trinajstić information content (AvgIpc) is 2.29. The number of pyridine rings is 1. The molecule has 0 fully saturated rings. The Morgan fingerprint density at radius 3 is 2.72 bits per heavy atom. The van der Waals surface area contributed by atoms with Crippen LogP contribution in [0.5, 0.6) is 0 Å². The fraction of sp³-hybridized carbons (Fsp3) is 0.417. The number of hydrogen-bond donors (Lipinski definition) is 2.